The molecular weight excluding hydrogens is 420 g/mol. The van der Waals surface area contributed by atoms with Gasteiger partial charge in [-0.25, -0.2) is 0 Å². The second-order valence-corrected chi connectivity index (χ2v) is 11.6. The van der Waals surface area contributed by atoms with Gasteiger partial charge in [0.2, 0.25) is 5.91 Å². The molecule has 1 N–H and O–H groups in total. The lowest BCUT2D eigenvalue weighted by molar-refractivity contribution is -0.123. The zero-order chi connectivity index (χ0) is 23.6. The highest BCUT2D eigenvalue weighted by Gasteiger charge is 2.58. The molecule has 1 aromatic rings. The molecule has 2 atom stereocenters. The molecule has 0 radical (unpaired) electrons. The van der Waals surface area contributed by atoms with Crippen LogP contribution in [0.1, 0.15) is 63.9 Å². The van der Waals surface area contributed by atoms with E-state index in [2.05, 4.69) is 60.1 Å². The van der Waals surface area contributed by atoms with Gasteiger partial charge in [0.05, 0.1) is 0 Å². The Labute approximate surface area is 205 Å². The maximum absolute atomic E-state index is 13.2. The molecule has 184 valence electrons. The SMILES string of the molecule is C=C(C)[C@@H]1CC=C(CN2CCC3(CC2)C[C@@H]3C(=O)NCC2(c3ccccc3)CCOCC2)CC1. The molecule has 3 fully saturated rings. The second-order valence-electron chi connectivity index (χ2n) is 11.6. The van der Waals surface area contributed by atoms with Gasteiger partial charge in [0, 0.05) is 37.6 Å². The van der Waals surface area contributed by atoms with Crippen molar-refractivity contribution in [2.24, 2.45) is 17.3 Å². The monoisotopic (exact) mass is 462 g/mol. The van der Waals surface area contributed by atoms with Gasteiger partial charge in [-0.05, 0) is 88.3 Å². The third-order valence-electron chi connectivity index (χ3n) is 9.42. The van der Waals surface area contributed by atoms with Crippen LogP contribution < -0.4 is 5.32 Å². The smallest absolute Gasteiger partial charge is 0.223 e. The number of amides is 1. The van der Waals surface area contributed by atoms with Crippen molar-refractivity contribution in [3.8, 4) is 0 Å². The summed E-state index contributed by atoms with van der Waals surface area (Å²) in [6, 6.07) is 10.7. The molecule has 2 heterocycles. The average molecular weight is 463 g/mol. The van der Waals surface area contributed by atoms with Gasteiger partial charge in [-0.3, -0.25) is 9.69 Å². The third-order valence-corrected chi connectivity index (χ3v) is 9.42. The van der Waals surface area contributed by atoms with Gasteiger partial charge in [-0.2, -0.15) is 0 Å². The standard InChI is InChI=1S/C30H42N2O2/c1-23(2)25-10-8-24(9-11-25)21-32-16-12-29(13-17-32)20-27(29)28(33)31-22-30(14-18-34-19-15-30)26-6-4-3-5-7-26/h3-8,25,27H,1,9-22H2,2H3,(H,31,33)/t25-,27-/m1/s1. The van der Waals surface area contributed by atoms with Crippen molar-refractivity contribution >= 4 is 5.91 Å². The van der Waals surface area contributed by atoms with E-state index in [-0.39, 0.29) is 22.7 Å². The van der Waals surface area contributed by atoms with E-state index in [0.29, 0.717) is 5.92 Å². The van der Waals surface area contributed by atoms with E-state index in [9.17, 15) is 4.79 Å². The highest BCUT2D eigenvalue weighted by Crippen LogP contribution is 2.59. The van der Waals surface area contributed by atoms with Crippen molar-refractivity contribution in [2.45, 2.75) is 63.7 Å². The summed E-state index contributed by atoms with van der Waals surface area (Å²) in [5.41, 5.74) is 4.56. The lowest BCUT2D eigenvalue weighted by atomic mass is 9.74. The second kappa shape index (κ2) is 9.99. The van der Waals surface area contributed by atoms with Crippen molar-refractivity contribution in [1.82, 2.24) is 10.2 Å². The predicted molar refractivity (Wildman–Crippen MR) is 138 cm³/mol. The Morgan fingerprint density at radius 1 is 1.15 bits per heavy atom. The number of benzene rings is 1. The average Bonchev–Trinajstić information content (AvgIpc) is 3.59. The number of nitrogens with zero attached hydrogens (tertiary/aromatic N) is 1. The molecule has 4 nitrogen and oxygen atoms in total. The zero-order valence-electron chi connectivity index (χ0n) is 21.0. The van der Waals surface area contributed by atoms with Gasteiger partial charge in [0.1, 0.15) is 0 Å². The molecule has 1 aromatic carbocycles. The fourth-order valence-electron chi connectivity index (χ4n) is 6.70. The van der Waals surface area contributed by atoms with Crippen LogP contribution in [0.2, 0.25) is 0 Å². The summed E-state index contributed by atoms with van der Waals surface area (Å²) in [4.78, 5) is 15.8. The van der Waals surface area contributed by atoms with Crippen LogP contribution in [0.3, 0.4) is 0 Å². The van der Waals surface area contributed by atoms with Crippen LogP contribution in [-0.2, 0) is 14.9 Å². The molecule has 0 bridgehead atoms. The van der Waals surface area contributed by atoms with Crippen molar-refractivity contribution in [3.63, 3.8) is 0 Å². The number of likely N-dealkylation sites (tertiary alicyclic amines) is 1. The molecule has 2 aliphatic heterocycles. The van der Waals surface area contributed by atoms with Gasteiger partial charge < -0.3 is 10.1 Å². The fourth-order valence-corrected chi connectivity index (χ4v) is 6.70. The molecule has 2 saturated heterocycles. The van der Waals surface area contributed by atoms with Crippen molar-refractivity contribution < 1.29 is 9.53 Å². The predicted octanol–water partition coefficient (Wildman–Crippen LogP) is 5.26. The Bertz CT molecular complexity index is 907. The van der Waals surface area contributed by atoms with Crippen LogP contribution in [0, 0.1) is 17.3 Å². The van der Waals surface area contributed by atoms with Crippen LogP contribution in [-0.4, -0.2) is 50.2 Å². The topological polar surface area (TPSA) is 41.6 Å². The number of piperidine rings is 1. The quantitative estimate of drug-likeness (QED) is 0.562. The first kappa shape index (κ1) is 23.8. The summed E-state index contributed by atoms with van der Waals surface area (Å²) < 4.78 is 5.66. The molecule has 1 saturated carbocycles. The van der Waals surface area contributed by atoms with Crippen LogP contribution in [0.5, 0.6) is 0 Å². The number of hydrogen-bond acceptors (Lipinski definition) is 3. The molecule has 1 spiro atoms. The summed E-state index contributed by atoms with van der Waals surface area (Å²) in [6.45, 7) is 12.0. The van der Waals surface area contributed by atoms with Crippen molar-refractivity contribution in [2.75, 3.05) is 39.4 Å². The number of nitrogens with one attached hydrogen (secondary N) is 1. The summed E-state index contributed by atoms with van der Waals surface area (Å²) >= 11 is 0. The van der Waals surface area contributed by atoms with E-state index >= 15 is 0 Å². The minimum atomic E-state index is 0.0114. The number of rotatable bonds is 7. The molecule has 0 aromatic heterocycles. The molecule has 0 unspecified atom stereocenters. The van der Waals surface area contributed by atoms with Crippen LogP contribution in [0.15, 0.2) is 54.1 Å². The van der Waals surface area contributed by atoms with E-state index in [1.807, 2.05) is 0 Å². The van der Waals surface area contributed by atoms with Crippen molar-refractivity contribution in [1.29, 1.82) is 0 Å². The molecule has 34 heavy (non-hydrogen) atoms. The lowest BCUT2D eigenvalue weighted by Crippen LogP contribution is -2.45. The first-order chi connectivity index (χ1) is 16.5. The highest BCUT2D eigenvalue weighted by atomic mass is 16.5. The summed E-state index contributed by atoms with van der Waals surface area (Å²) in [7, 11) is 0. The Balaban J connectivity index is 1.11. The Hall–Kier alpha value is -1.91. The number of allylic oxidation sites excluding steroid dienone is 2. The van der Waals surface area contributed by atoms with Crippen LogP contribution in [0.4, 0.5) is 0 Å². The van der Waals surface area contributed by atoms with Gasteiger partial charge in [-0.1, -0.05) is 54.1 Å². The van der Waals surface area contributed by atoms with E-state index < -0.39 is 0 Å². The summed E-state index contributed by atoms with van der Waals surface area (Å²) in [6.07, 6.45) is 11.5. The number of carbonyl (C=O) groups excluding carboxylic acids is 1. The van der Waals surface area contributed by atoms with Gasteiger partial charge in [0.15, 0.2) is 0 Å². The number of carbonyl (C=O) groups is 1. The zero-order valence-corrected chi connectivity index (χ0v) is 21.0. The molecule has 4 heteroatoms. The number of hydrogen-bond donors (Lipinski definition) is 1. The van der Waals surface area contributed by atoms with E-state index in [0.717, 1.165) is 58.7 Å². The van der Waals surface area contributed by atoms with E-state index in [1.54, 1.807) is 5.57 Å². The van der Waals surface area contributed by atoms with Crippen LogP contribution >= 0.6 is 0 Å². The Morgan fingerprint density at radius 3 is 2.53 bits per heavy atom. The molecule has 4 aliphatic rings. The summed E-state index contributed by atoms with van der Waals surface area (Å²) in [5, 5.41) is 3.39. The van der Waals surface area contributed by atoms with E-state index in [1.165, 1.54) is 43.2 Å². The third kappa shape index (κ3) is 5.04. The lowest BCUT2D eigenvalue weighted by Gasteiger charge is -2.38. The Morgan fingerprint density at radius 2 is 1.88 bits per heavy atom. The molecular formula is C30H42N2O2. The van der Waals surface area contributed by atoms with E-state index in [4.69, 9.17) is 4.74 Å². The van der Waals surface area contributed by atoms with Crippen LogP contribution in [0.25, 0.3) is 0 Å². The fraction of sp³-hybridized carbons (Fsp3) is 0.633. The Kier molecular flexibility index (Phi) is 7.00. The minimum Gasteiger partial charge on any atom is -0.381 e. The minimum absolute atomic E-state index is 0.0114. The maximum Gasteiger partial charge on any atom is 0.223 e. The number of ether oxygens (including phenoxy) is 1. The maximum atomic E-state index is 13.2. The highest BCUT2D eigenvalue weighted by molar-refractivity contribution is 5.82. The summed E-state index contributed by atoms with van der Waals surface area (Å²) in [5.74, 6) is 1.19. The first-order valence-corrected chi connectivity index (χ1v) is 13.5. The molecule has 1 amide bonds. The van der Waals surface area contributed by atoms with Gasteiger partial charge in [-0.15, -0.1) is 0 Å². The first-order valence-electron chi connectivity index (χ1n) is 13.5. The normalized spacial score (nSPS) is 28.2. The van der Waals surface area contributed by atoms with Crippen molar-refractivity contribution in [3.05, 3.63) is 59.7 Å². The van der Waals surface area contributed by atoms with Gasteiger partial charge in [0.25, 0.3) is 0 Å². The van der Waals surface area contributed by atoms with Gasteiger partial charge >= 0.3 is 0 Å². The molecule has 2 aliphatic carbocycles. The largest absolute Gasteiger partial charge is 0.381 e. The molecule has 5 rings (SSSR count).